The van der Waals surface area contributed by atoms with Crippen molar-refractivity contribution >= 4 is 52.1 Å². The average molecular weight is 428 g/mol. The molecule has 0 heterocycles. The van der Waals surface area contributed by atoms with Crippen LogP contribution in [0.15, 0.2) is 72.8 Å². The van der Waals surface area contributed by atoms with Crippen LogP contribution < -0.4 is 15.5 Å². The summed E-state index contributed by atoms with van der Waals surface area (Å²) in [4.78, 5) is 26.6. The topological polar surface area (TPSA) is 61.4 Å². The molecular formula is C22H19Cl2N3O2. The maximum atomic E-state index is 12.7. The smallest absolute Gasteiger partial charge is 0.258 e. The molecule has 0 unspecified atom stereocenters. The van der Waals surface area contributed by atoms with Crippen molar-refractivity contribution in [3.63, 3.8) is 0 Å². The molecule has 29 heavy (non-hydrogen) atoms. The Balaban J connectivity index is 1.63. The van der Waals surface area contributed by atoms with Crippen molar-refractivity contribution < 1.29 is 9.59 Å². The summed E-state index contributed by atoms with van der Waals surface area (Å²) in [5.41, 5.74) is 2.44. The Bertz CT molecular complexity index is 1010. The monoisotopic (exact) mass is 427 g/mol. The Morgan fingerprint density at radius 1 is 0.862 bits per heavy atom. The van der Waals surface area contributed by atoms with Gasteiger partial charge in [0.1, 0.15) is 0 Å². The number of para-hydroxylation sites is 1. The third-order valence-electron chi connectivity index (χ3n) is 4.16. The molecule has 5 nitrogen and oxygen atoms in total. The molecule has 0 radical (unpaired) electrons. The van der Waals surface area contributed by atoms with Crippen LogP contribution >= 0.6 is 23.2 Å². The highest BCUT2D eigenvalue weighted by molar-refractivity contribution is 6.35. The van der Waals surface area contributed by atoms with Crippen LogP contribution in [0.25, 0.3) is 0 Å². The van der Waals surface area contributed by atoms with E-state index in [-0.39, 0.29) is 18.4 Å². The molecule has 3 aromatic rings. The van der Waals surface area contributed by atoms with E-state index in [4.69, 9.17) is 23.2 Å². The molecule has 0 aliphatic heterocycles. The first-order valence-corrected chi connectivity index (χ1v) is 9.61. The first kappa shape index (κ1) is 20.7. The first-order chi connectivity index (χ1) is 13.9. The molecule has 0 saturated heterocycles. The fourth-order valence-electron chi connectivity index (χ4n) is 2.74. The minimum Gasteiger partial charge on any atom is -0.376 e. The number of hydrogen-bond donors (Lipinski definition) is 2. The van der Waals surface area contributed by atoms with Gasteiger partial charge >= 0.3 is 0 Å². The van der Waals surface area contributed by atoms with Gasteiger partial charge in [0, 0.05) is 39.7 Å². The SMILES string of the molecule is CN(C(=O)c1cccc(NC(=O)CNc2cc(Cl)cc(Cl)c2)c1)c1ccccc1. The molecule has 0 atom stereocenters. The highest BCUT2D eigenvalue weighted by Crippen LogP contribution is 2.22. The Morgan fingerprint density at radius 2 is 1.55 bits per heavy atom. The zero-order valence-corrected chi connectivity index (χ0v) is 17.2. The summed E-state index contributed by atoms with van der Waals surface area (Å²) in [5.74, 6) is -0.430. The van der Waals surface area contributed by atoms with E-state index in [2.05, 4.69) is 10.6 Å². The first-order valence-electron chi connectivity index (χ1n) is 8.85. The van der Waals surface area contributed by atoms with Crippen LogP contribution in [0.3, 0.4) is 0 Å². The van der Waals surface area contributed by atoms with Gasteiger partial charge in [-0.1, -0.05) is 47.5 Å². The fraction of sp³-hybridized carbons (Fsp3) is 0.0909. The van der Waals surface area contributed by atoms with E-state index in [1.54, 1.807) is 54.4 Å². The molecule has 0 aliphatic carbocycles. The molecule has 0 aliphatic rings. The molecule has 0 aromatic heterocycles. The highest BCUT2D eigenvalue weighted by Gasteiger charge is 2.14. The van der Waals surface area contributed by atoms with E-state index in [0.717, 1.165) is 5.69 Å². The van der Waals surface area contributed by atoms with Crippen molar-refractivity contribution in [3.8, 4) is 0 Å². The van der Waals surface area contributed by atoms with E-state index in [1.807, 2.05) is 30.3 Å². The van der Waals surface area contributed by atoms with Gasteiger partial charge in [-0.15, -0.1) is 0 Å². The standard InChI is InChI=1S/C22H19Cl2N3O2/c1-27(20-8-3-2-4-9-20)22(29)15-6-5-7-18(10-15)26-21(28)14-25-19-12-16(23)11-17(24)13-19/h2-13,25H,14H2,1H3,(H,26,28). The molecule has 2 amide bonds. The molecule has 0 saturated carbocycles. The minimum atomic E-state index is -0.262. The van der Waals surface area contributed by atoms with Crippen LogP contribution in [-0.4, -0.2) is 25.4 Å². The average Bonchev–Trinajstić information content (AvgIpc) is 2.71. The lowest BCUT2D eigenvalue weighted by atomic mass is 10.1. The molecule has 0 fully saturated rings. The number of benzene rings is 3. The lowest BCUT2D eigenvalue weighted by Crippen LogP contribution is -2.26. The maximum absolute atomic E-state index is 12.7. The van der Waals surface area contributed by atoms with E-state index in [0.29, 0.717) is 27.0 Å². The Kier molecular flexibility index (Phi) is 6.75. The second kappa shape index (κ2) is 9.45. The van der Waals surface area contributed by atoms with E-state index < -0.39 is 0 Å². The molecule has 3 aromatic carbocycles. The number of halogens is 2. The predicted molar refractivity (Wildman–Crippen MR) is 119 cm³/mol. The van der Waals surface area contributed by atoms with Gasteiger partial charge in [0.05, 0.1) is 6.54 Å². The zero-order valence-electron chi connectivity index (χ0n) is 15.7. The van der Waals surface area contributed by atoms with Crippen molar-refractivity contribution in [3.05, 3.63) is 88.4 Å². The molecule has 7 heteroatoms. The number of nitrogens with zero attached hydrogens (tertiary/aromatic N) is 1. The number of anilines is 3. The lowest BCUT2D eigenvalue weighted by Gasteiger charge is -2.17. The van der Waals surface area contributed by atoms with Crippen molar-refractivity contribution in [1.82, 2.24) is 0 Å². The Labute approximate surface area is 179 Å². The molecule has 2 N–H and O–H groups in total. The van der Waals surface area contributed by atoms with E-state index in [1.165, 1.54) is 0 Å². The van der Waals surface area contributed by atoms with Crippen molar-refractivity contribution in [2.75, 3.05) is 29.1 Å². The number of rotatable bonds is 6. The third kappa shape index (κ3) is 5.73. The van der Waals surface area contributed by atoms with Gasteiger partial charge in [-0.3, -0.25) is 9.59 Å². The Morgan fingerprint density at radius 3 is 2.24 bits per heavy atom. The van der Waals surface area contributed by atoms with Gasteiger partial charge in [0.15, 0.2) is 0 Å². The summed E-state index contributed by atoms with van der Waals surface area (Å²) in [6, 6.07) is 21.1. The number of amides is 2. The lowest BCUT2D eigenvalue weighted by molar-refractivity contribution is -0.114. The highest BCUT2D eigenvalue weighted by atomic mass is 35.5. The molecule has 148 valence electrons. The summed E-state index contributed by atoms with van der Waals surface area (Å²) in [6.07, 6.45) is 0. The number of carbonyl (C=O) groups is 2. The normalized spacial score (nSPS) is 10.3. The second-order valence-electron chi connectivity index (χ2n) is 6.34. The Hall–Kier alpha value is -3.02. The summed E-state index contributed by atoms with van der Waals surface area (Å²) >= 11 is 11.9. The molecule has 0 spiro atoms. The molecule has 0 bridgehead atoms. The number of hydrogen-bond acceptors (Lipinski definition) is 3. The molecular weight excluding hydrogens is 409 g/mol. The number of carbonyl (C=O) groups excluding carboxylic acids is 2. The second-order valence-corrected chi connectivity index (χ2v) is 7.21. The van der Waals surface area contributed by atoms with Crippen LogP contribution in [0.5, 0.6) is 0 Å². The van der Waals surface area contributed by atoms with E-state index in [9.17, 15) is 9.59 Å². The van der Waals surface area contributed by atoms with Gasteiger partial charge in [-0.05, 0) is 48.5 Å². The predicted octanol–water partition coefficient (Wildman–Crippen LogP) is 5.32. The van der Waals surface area contributed by atoms with Crippen LogP contribution in [0.4, 0.5) is 17.1 Å². The van der Waals surface area contributed by atoms with Crippen LogP contribution in [0, 0.1) is 0 Å². The summed E-state index contributed by atoms with van der Waals surface area (Å²) < 4.78 is 0. The van der Waals surface area contributed by atoms with Gasteiger partial charge < -0.3 is 15.5 Å². The van der Waals surface area contributed by atoms with Crippen molar-refractivity contribution in [2.24, 2.45) is 0 Å². The zero-order chi connectivity index (χ0) is 20.8. The van der Waals surface area contributed by atoms with Gasteiger partial charge in [-0.25, -0.2) is 0 Å². The van der Waals surface area contributed by atoms with Gasteiger partial charge in [-0.2, -0.15) is 0 Å². The minimum absolute atomic E-state index is 0.0266. The third-order valence-corrected chi connectivity index (χ3v) is 4.59. The quantitative estimate of drug-likeness (QED) is 0.559. The van der Waals surface area contributed by atoms with Crippen LogP contribution in [0.1, 0.15) is 10.4 Å². The van der Waals surface area contributed by atoms with Gasteiger partial charge in [0.2, 0.25) is 5.91 Å². The van der Waals surface area contributed by atoms with Crippen molar-refractivity contribution in [2.45, 2.75) is 0 Å². The fourth-order valence-corrected chi connectivity index (χ4v) is 3.26. The summed E-state index contributed by atoms with van der Waals surface area (Å²) in [5, 5.41) is 6.71. The maximum Gasteiger partial charge on any atom is 0.258 e. The van der Waals surface area contributed by atoms with Crippen LogP contribution in [0.2, 0.25) is 10.0 Å². The number of nitrogens with one attached hydrogen (secondary N) is 2. The van der Waals surface area contributed by atoms with E-state index >= 15 is 0 Å². The molecule has 3 rings (SSSR count). The van der Waals surface area contributed by atoms with Gasteiger partial charge in [0.25, 0.3) is 5.91 Å². The van der Waals surface area contributed by atoms with Crippen LogP contribution in [-0.2, 0) is 4.79 Å². The largest absolute Gasteiger partial charge is 0.376 e. The summed E-state index contributed by atoms with van der Waals surface area (Å²) in [7, 11) is 1.71. The van der Waals surface area contributed by atoms with Crippen molar-refractivity contribution in [1.29, 1.82) is 0 Å². The summed E-state index contributed by atoms with van der Waals surface area (Å²) in [6.45, 7) is 0.0266.